The van der Waals surface area contributed by atoms with Gasteiger partial charge in [0.1, 0.15) is 0 Å². The van der Waals surface area contributed by atoms with E-state index in [0.29, 0.717) is 19.6 Å². The summed E-state index contributed by atoms with van der Waals surface area (Å²) >= 11 is 0. The lowest BCUT2D eigenvalue weighted by Crippen LogP contribution is -2.42. The Kier molecular flexibility index (Phi) is 5.20. The van der Waals surface area contributed by atoms with Crippen LogP contribution in [0.1, 0.15) is 25.7 Å². The molecule has 2 rings (SSSR count). The Bertz CT molecular complexity index is 416. The number of sulfonamides is 1. The summed E-state index contributed by atoms with van der Waals surface area (Å²) in [6.45, 7) is 3.57. The fourth-order valence-corrected chi connectivity index (χ4v) is 4.18. The van der Waals surface area contributed by atoms with Crippen LogP contribution in [0.3, 0.4) is 0 Å². The van der Waals surface area contributed by atoms with Gasteiger partial charge in [0.15, 0.2) is 0 Å². The van der Waals surface area contributed by atoms with Gasteiger partial charge in [0.25, 0.3) is 0 Å². The molecular weight excluding hydrogens is 262 g/mol. The highest BCUT2D eigenvalue weighted by molar-refractivity contribution is 7.89. The van der Waals surface area contributed by atoms with Crippen LogP contribution >= 0.6 is 0 Å². The van der Waals surface area contributed by atoms with Gasteiger partial charge in [-0.15, -0.1) is 0 Å². The third-order valence-corrected chi connectivity index (χ3v) is 5.84. The SMILES string of the molecule is N#CC1CCN(CCS(=O)(=O)N2CC[CH]CC2)CC1. The van der Waals surface area contributed by atoms with Gasteiger partial charge in [-0.2, -0.15) is 5.26 Å². The van der Waals surface area contributed by atoms with Crippen LogP contribution in [-0.4, -0.2) is 56.1 Å². The van der Waals surface area contributed by atoms with E-state index in [-0.39, 0.29) is 11.7 Å². The maximum Gasteiger partial charge on any atom is 0.215 e. The molecule has 0 bridgehead atoms. The zero-order valence-corrected chi connectivity index (χ0v) is 12.1. The highest BCUT2D eigenvalue weighted by Crippen LogP contribution is 2.17. The number of hydrogen-bond acceptors (Lipinski definition) is 4. The summed E-state index contributed by atoms with van der Waals surface area (Å²) in [5, 5.41) is 8.83. The fraction of sp³-hybridized carbons (Fsp3) is 0.846. The van der Waals surface area contributed by atoms with E-state index in [1.807, 2.05) is 0 Å². The minimum Gasteiger partial charge on any atom is -0.302 e. The van der Waals surface area contributed by atoms with E-state index in [4.69, 9.17) is 5.26 Å². The van der Waals surface area contributed by atoms with Gasteiger partial charge in [-0.25, -0.2) is 12.7 Å². The predicted molar refractivity (Wildman–Crippen MR) is 73.7 cm³/mol. The smallest absolute Gasteiger partial charge is 0.215 e. The summed E-state index contributed by atoms with van der Waals surface area (Å²) in [5.74, 6) is 0.370. The maximum absolute atomic E-state index is 12.2. The molecule has 0 atom stereocenters. The molecule has 0 aromatic carbocycles. The van der Waals surface area contributed by atoms with Crippen LogP contribution in [0.4, 0.5) is 0 Å². The molecule has 6 heteroatoms. The second-order valence-corrected chi connectivity index (χ2v) is 7.41. The van der Waals surface area contributed by atoms with Crippen molar-refractivity contribution in [3.63, 3.8) is 0 Å². The van der Waals surface area contributed by atoms with Gasteiger partial charge in [-0.3, -0.25) is 0 Å². The molecule has 2 saturated heterocycles. The third-order valence-electron chi connectivity index (χ3n) is 3.99. The number of nitriles is 1. The van der Waals surface area contributed by atoms with Crippen molar-refractivity contribution in [2.24, 2.45) is 5.92 Å². The average Bonchev–Trinajstić information content (AvgIpc) is 2.47. The fourth-order valence-electron chi connectivity index (χ4n) is 2.66. The van der Waals surface area contributed by atoms with Crippen LogP contribution in [-0.2, 0) is 10.0 Å². The first-order valence-electron chi connectivity index (χ1n) is 7.03. The molecule has 2 aliphatic heterocycles. The van der Waals surface area contributed by atoms with Gasteiger partial charge in [0.2, 0.25) is 10.0 Å². The predicted octanol–water partition coefficient (Wildman–Crippen LogP) is 0.852. The lowest BCUT2D eigenvalue weighted by atomic mass is 9.99. The van der Waals surface area contributed by atoms with Crippen LogP contribution in [0.5, 0.6) is 0 Å². The minimum absolute atomic E-state index is 0.158. The Balaban J connectivity index is 1.77. The maximum atomic E-state index is 12.2. The molecule has 0 aromatic heterocycles. The molecule has 0 N–H and O–H groups in total. The normalized spacial score (nSPS) is 24.2. The topological polar surface area (TPSA) is 64.4 Å². The molecule has 0 unspecified atom stereocenters. The number of nitrogens with zero attached hydrogens (tertiary/aromatic N) is 3. The summed E-state index contributed by atoms with van der Waals surface area (Å²) < 4.78 is 26.0. The zero-order valence-electron chi connectivity index (χ0n) is 11.3. The molecule has 0 amide bonds. The first-order chi connectivity index (χ1) is 9.12. The number of likely N-dealkylation sites (tertiary alicyclic amines) is 1. The van der Waals surface area contributed by atoms with Gasteiger partial charge in [-0.05, 0) is 45.2 Å². The quantitative estimate of drug-likeness (QED) is 0.768. The van der Waals surface area contributed by atoms with E-state index in [9.17, 15) is 8.42 Å². The van der Waals surface area contributed by atoms with Crippen molar-refractivity contribution in [3.8, 4) is 6.07 Å². The molecule has 0 aliphatic carbocycles. The van der Waals surface area contributed by atoms with Crippen molar-refractivity contribution in [2.45, 2.75) is 25.7 Å². The number of hydrogen-bond donors (Lipinski definition) is 0. The highest BCUT2D eigenvalue weighted by atomic mass is 32.2. The van der Waals surface area contributed by atoms with Gasteiger partial charge < -0.3 is 4.90 Å². The summed E-state index contributed by atoms with van der Waals surface area (Å²) in [5.41, 5.74) is 0. The molecule has 19 heavy (non-hydrogen) atoms. The summed E-state index contributed by atoms with van der Waals surface area (Å²) in [4.78, 5) is 2.17. The van der Waals surface area contributed by atoms with Gasteiger partial charge >= 0.3 is 0 Å². The summed E-state index contributed by atoms with van der Waals surface area (Å²) in [7, 11) is -3.10. The van der Waals surface area contributed by atoms with Gasteiger partial charge in [0.05, 0.1) is 11.8 Å². The van der Waals surface area contributed by atoms with E-state index in [1.165, 1.54) is 0 Å². The Morgan fingerprint density at radius 3 is 2.37 bits per heavy atom. The monoisotopic (exact) mass is 284 g/mol. The van der Waals surface area contributed by atoms with E-state index in [1.54, 1.807) is 4.31 Å². The lowest BCUT2D eigenvalue weighted by molar-refractivity contribution is 0.215. The molecule has 2 heterocycles. The summed E-state index contributed by atoms with van der Waals surface area (Å²) in [6.07, 6.45) is 5.63. The van der Waals surface area contributed by atoms with Crippen LogP contribution in [0.2, 0.25) is 0 Å². The molecule has 5 nitrogen and oxygen atoms in total. The van der Waals surface area contributed by atoms with E-state index < -0.39 is 10.0 Å². The second kappa shape index (κ2) is 6.69. The second-order valence-electron chi connectivity index (χ2n) is 5.33. The van der Waals surface area contributed by atoms with Crippen molar-refractivity contribution in [3.05, 3.63) is 6.42 Å². The molecule has 0 saturated carbocycles. The molecule has 2 fully saturated rings. The Labute approximate surface area is 116 Å². The molecule has 0 spiro atoms. The zero-order chi connectivity index (χ0) is 13.7. The van der Waals surface area contributed by atoms with Crippen LogP contribution in [0.15, 0.2) is 0 Å². The van der Waals surface area contributed by atoms with Gasteiger partial charge in [0, 0.05) is 25.6 Å². The van der Waals surface area contributed by atoms with E-state index in [2.05, 4.69) is 17.4 Å². The van der Waals surface area contributed by atoms with Crippen LogP contribution in [0, 0.1) is 23.7 Å². The van der Waals surface area contributed by atoms with Crippen molar-refractivity contribution >= 4 is 10.0 Å². The molecule has 2 aliphatic rings. The average molecular weight is 284 g/mol. The first kappa shape index (κ1) is 14.8. The van der Waals surface area contributed by atoms with Gasteiger partial charge in [-0.1, -0.05) is 0 Å². The van der Waals surface area contributed by atoms with Crippen molar-refractivity contribution in [1.29, 1.82) is 5.26 Å². The Morgan fingerprint density at radius 1 is 1.16 bits per heavy atom. The summed E-state index contributed by atoms with van der Waals surface area (Å²) in [6, 6.07) is 2.29. The van der Waals surface area contributed by atoms with Crippen molar-refractivity contribution in [1.82, 2.24) is 9.21 Å². The molecule has 1 radical (unpaired) electrons. The Hall–Kier alpha value is -0.640. The molecular formula is C13H22N3O2S. The van der Waals surface area contributed by atoms with Crippen LogP contribution < -0.4 is 0 Å². The van der Waals surface area contributed by atoms with E-state index in [0.717, 1.165) is 38.8 Å². The highest BCUT2D eigenvalue weighted by Gasteiger charge is 2.25. The first-order valence-corrected chi connectivity index (χ1v) is 8.64. The molecule has 107 valence electrons. The largest absolute Gasteiger partial charge is 0.302 e. The van der Waals surface area contributed by atoms with Crippen molar-refractivity contribution in [2.75, 3.05) is 38.5 Å². The third kappa shape index (κ3) is 4.16. The van der Waals surface area contributed by atoms with Crippen molar-refractivity contribution < 1.29 is 8.42 Å². The standard InChI is InChI=1S/C13H22N3O2S/c14-12-13-4-8-15(9-5-13)10-11-19(17,18)16-6-2-1-3-7-16/h1,13H,2-11H2. The number of rotatable bonds is 4. The molecule has 0 aromatic rings. The number of piperidine rings is 2. The Morgan fingerprint density at radius 2 is 1.79 bits per heavy atom. The van der Waals surface area contributed by atoms with Crippen LogP contribution in [0.25, 0.3) is 0 Å². The lowest BCUT2D eigenvalue weighted by Gasteiger charge is -2.30. The minimum atomic E-state index is -3.10. The van der Waals surface area contributed by atoms with E-state index >= 15 is 0 Å².